The zero-order chi connectivity index (χ0) is 21.8. The molecule has 5 nitrogen and oxygen atoms in total. The molecule has 3 N–H and O–H groups in total. The molecule has 1 amide bonds. The van der Waals surface area contributed by atoms with Gasteiger partial charge in [0.15, 0.2) is 10.9 Å². The van der Waals surface area contributed by atoms with Gasteiger partial charge in [-0.3, -0.25) is 10.1 Å². The van der Waals surface area contributed by atoms with Crippen molar-refractivity contribution in [3.05, 3.63) is 74.4 Å². The molecule has 0 fully saturated rings. The Morgan fingerprint density at radius 2 is 1.73 bits per heavy atom. The van der Waals surface area contributed by atoms with Crippen LogP contribution in [0.15, 0.2) is 53.0 Å². The van der Waals surface area contributed by atoms with Gasteiger partial charge in [-0.2, -0.15) is 0 Å². The maximum atomic E-state index is 12.1. The first-order valence-electron chi connectivity index (χ1n) is 8.27. The predicted molar refractivity (Wildman–Crippen MR) is 126 cm³/mol. The fourth-order valence-electron chi connectivity index (χ4n) is 2.39. The van der Waals surface area contributed by atoms with Crippen LogP contribution in [0.1, 0.15) is 5.76 Å². The number of benzene rings is 2. The topological polar surface area (TPSA) is 74.5 Å². The molecule has 0 aliphatic rings. The molecule has 0 spiro atoms. The van der Waals surface area contributed by atoms with Crippen LogP contribution in [0, 0.1) is 0 Å². The van der Waals surface area contributed by atoms with Gasteiger partial charge in [0.05, 0.1) is 20.1 Å². The Morgan fingerprint density at radius 1 is 1.03 bits per heavy atom. The average molecular weight is 502 g/mol. The van der Waals surface area contributed by atoms with Crippen molar-refractivity contribution in [3.63, 3.8) is 0 Å². The molecule has 2 aromatic carbocycles. The molecule has 0 saturated heterocycles. The van der Waals surface area contributed by atoms with E-state index in [0.29, 0.717) is 32.8 Å². The molecule has 0 saturated carbocycles. The minimum Gasteiger partial charge on any atom is -0.505 e. The van der Waals surface area contributed by atoms with Crippen molar-refractivity contribution in [3.8, 4) is 17.1 Å². The van der Waals surface area contributed by atoms with E-state index in [4.69, 9.17) is 63.0 Å². The molecule has 3 rings (SSSR count). The number of aromatic hydroxyl groups is 1. The van der Waals surface area contributed by atoms with Crippen LogP contribution in [-0.2, 0) is 4.79 Å². The highest BCUT2D eigenvalue weighted by Crippen LogP contribution is 2.35. The number of carbonyl (C=O) groups is 1. The first-order valence-corrected chi connectivity index (χ1v) is 10.2. The minimum absolute atomic E-state index is 0.0216. The smallest absolute Gasteiger partial charge is 0.250 e. The Kier molecular flexibility index (Phi) is 7.28. The van der Waals surface area contributed by atoms with Crippen LogP contribution >= 0.6 is 58.6 Å². The van der Waals surface area contributed by atoms with Crippen LogP contribution in [0.2, 0.25) is 20.1 Å². The molecular weight excluding hydrogens is 490 g/mol. The Morgan fingerprint density at radius 3 is 2.43 bits per heavy atom. The Balaban J connectivity index is 1.62. The lowest BCUT2D eigenvalue weighted by atomic mass is 10.2. The third kappa shape index (κ3) is 5.47. The average Bonchev–Trinajstić information content (AvgIpc) is 3.15. The Labute approximate surface area is 197 Å². The largest absolute Gasteiger partial charge is 0.505 e. The number of furan rings is 1. The van der Waals surface area contributed by atoms with Crippen LogP contribution in [0.4, 0.5) is 5.69 Å². The summed E-state index contributed by atoms with van der Waals surface area (Å²) in [6.45, 7) is 0. The summed E-state index contributed by atoms with van der Waals surface area (Å²) in [5.41, 5.74) is 1.05. The fraction of sp³-hybridized carbons (Fsp3) is 0. The zero-order valence-electron chi connectivity index (χ0n) is 14.9. The third-order valence-corrected chi connectivity index (χ3v) is 5.35. The third-order valence-electron chi connectivity index (χ3n) is 3.75. The molecule has 0 aliphatic heterocycles. The van der Waals surface area contributed by atoms with E-state index in [9.17, 15) is 9.90 Å². The molecule has 3 aromatic rings. The van der Waals surface area contributed by atoms with E-state index in [1.165, 1.54) is 24.3 Å². The van der Waals surface area contributed by atoms with Crippen LogP contribution in [-0.4, -0.2) is 16.1 Å². The second-order valence-corrected chi connectivity index (χ2v) is 7.88. The lowest BCUT2D eigenvalue weighted by Crippen LogP contribution is -2.32. The van der Waals surface area contributed by atoms with Gasteiger partial charge < -0.3 is 14.8 Å². The van der Waals surface area contributed by atoms with E-state index in [-0.39, 0.29) is 20.9 Å². The maximum absolute atomic E-state index is 12.1. The van der Waals surface area contributed by atoms with Gasteiger partial charge in [0, 0.05) is 17.3 Å². The van der Waals surface area contributed by atoms with Gasteiger partial charge in [-0.1, -0.05) is 52.5 Å². The number of phenols is 1. The molecule has 1 aromatic heterocycles. The van der Waals surface area contributed by atoms with Gasteiger partial charge in [-0.15, -0.1) is 0 Å². The van der Waals surface area contributed by atoms with Gasteiger partial charge in [0.2, 0.25) is 5.91 Å². The second kappa shape index (κ2) is 9.73. The van der Waals surface area contributed by atoms with Crippen LogP contribution in [0.25, 0.3) is 17.4 Å². The Hall–Kier alpha value is -2.22. The van der Waals surface area contributed by atoms with Crippen LogP contribution in [0.5, 0.6) is 5.75 Å². The van der Waals surface area contributed by atoms with E-state index in [2.05, 4.69) is 10.6 Å². The zero-order valence-corrected chi connectivity index (χ0v) is 18.7. The summed E-state index contributed by atoms with van der Waals surface area (Å²) in [7, 11) is 0. The summed E-state index contributed by atoms with van der Waals surface area (Å²) in [4.78, 5) is 12.1. The summed E-state index contributed by atoms with van der Waals surface area (Å²) in [5.74, 6) is 0.230. The highest BCUT2D eigenvalue weighted by molar-refractivity contribution is 7.80. The number of anilines is 1. The van der Waals surface area contributed by atoms with Crippen molar-refractivity contribution in [1.29, 1.82) is 0 Å². The molecular formula is C20H12Cl4N2O3S. The van der Waals surface area contributed by atoms with Crippen LogP contribution < -0.4 is 10.6 Å². The first-order chi connectivity index (χ1) is 14.2. The quantitative estimate of drug-likeness (QED) is 0.208. The highest BCUT2D eigenvalue weighted by atomic mass is 35.5. The maximum Gasteiger partial charge on any atom is 0.250 e. The minimum atomic E-state index is -0.484. The number of carbonyl (C=O) groups excluding carboxylic acids is 1. The number of rotatable bonds is 4. The number of thiocarbonyl (C=S) groups is 1. The molecule has 0 aliphatic carbocycles. The van der Waals surface area contributed by atoms with Crippen LogP contribution in [0.3, 0.4) is 0 Å². The lowest BCUT2D eigenvalue weighted by Gasteiger charge is -2.10. The van der Waals surface area contributed by atoms with Crippen molar-refractivity contribution in [2.45, 2.75) is 0 Å². The normalized spacial score (nSPS) is 10.9. The number of hydrogen-bond acceptors (Lipinski definition) is 4. The molecule has 10 heteroatoms. The molecule has 0 bridgehead atoms. The number of halogens is 4. The van der Waals surface area contributed by atoms with Crippen molar-refractivity contribution in [2.75, 3.05) is 5.32 Å². The number of phenolic OH excluding ortho intramolecular Hbond substituents is 1. The van der Waals surface area contributed by atoms with E-state index in [0.717, 1.165) is 0 Å². The first kappa shape index (κ1) is 22.5. The number of hydrogen-bond donors (Lipinski definition) is 3. The van der Waals surface area contributed by atoms with E-state index < -0.39 is 5.91 Å². The molecule has 0 radical (unpaired) electrons. The van der Waals surface area contributed by atoms with Crippen molar-refractivity contribution in [2.24, 2.45) is 0 Å². The van der Waals surface area contributed by atoms with Gasteiger partial charge in [-0.25, -0.2) is 0 Å². The van der Waals surface area contributed by atoms with Gasteiger partial charge >= 0.3 is 0 Å². The predicted octanol–water partition coefficient (Wildman–Crippen LogP) is 6.79. The fourth-order valence-corrected chi connectivity index (χ4v) is 3.49. The summed E-state index contributed by atoms with van der Waals surface area (Å²) < 4.78 is 5.68. The SMILES string of the molecule is O=C(C=Cc1ccc(-c2cccc(Cl)c2Cl)o1)NC(=S)Nc1cc(Cl)c(O)c(Cl)c1. The highest BCUT2D eigenvalue weighted by Gasteiger charge is 2.11. The summed E-state index contributed by atoms with van der Waals surface area (Å²) in [6, 6.07) is 11.5. The summed E-state index contributed by atoms with van der Waals surface area (Å²) in [6.07, 6.45) is 2.74. The summed E-state index contributed by atoms with van der Waals surface area (Å²) in [5, 5.41) is 15.7. The van der Waals surface area contributed by atoms with E-state index in [1.807, 2.05) is 0 Å². The monoisotopic (exact) mass is 500 g/mol. The second-order valence-electron chi connectivity index (χ2n) is 5.87. The summed E-state index contributed by atoms with van der Waals surface area (Å²) >= 11 is 29.0. The van der Waals surface area contributed by atoms with E-state index in [1.54, 1.807) is 30.3 Å². The lowest BCUT2D eigenvalue weighted by molar-refractivity contribution is -0.115. The number of nitrogens with one attached hydrogen (secondary N) is 2. The molecule has 30 heavy (non-hydrogen) atoms. The Bertz CT molecular complexity index is 1140. The van der Waals surface area contributed by atoms with Gasteiger partial charge in [0.1, 0.15) is 11.5 Å². The molecule has 0 atom stereocenters. The molecule has 1 heterocycles. The van der Waals surface area contributed by atoms with Crippen molar-refractivity contribution < 1.29 is 14.3 Å². The molecule has 0 unspecified atom stereocenters. The van der Waals surface area contributed by atoms with Gasteiger partial charge in [0.25, 0.3) is 0 Å². The van der Waals surface area contributed by atoms with Gasteiger partial charge in [-0.05, 0) is 54.7 Å². The molecule has 154 valence electrons. The van der Waals surface area contributed by atoms with Crippen molar-refractivity contribution >= 4 is 81.4 Å². The number of amides is 1. The van der Waals surface area contributed by atoms with E-state index >= 15 is 0 Å². The van der Waals surface area contributed by atoms with Crippen molar-refractivity contribution in [1.82, 2.24) is 5.32 Å². The standard InChI is InChI=1S/C20H12Cl4N2O3S/c21-13-3-1-2-12(18(13)24)16-6-4-11(29-16)5-7-17(27)26-20(30)25-10-8-14(22)19(28)15(23)9-10/h1-9,28H,(H2,25,26,27,30).